The molecule has 3 rings (SSSR count). The van der Waals surface area contributed by atoms with Crippen LogP contribution in [0, 0.1) is 0 Å². The zero-order valence-electron chi connectivity index (χ0n) is 12.2. The molecular formula is C16H23BrN2O. The first-order chi connectivity index (χ1) is 9.61. The number of morpholine rings is 1. The first-order valence-corrected chi connectivity index (χ1v) is 8.33. The molecule has 2 saturated heterocycles. The smallest absolute Gasteiger partial charge is 0.0755 e. The van der Waals surface area contributed by atoms with Crippen molar-refractivity contribution in [3.63, 3.8) is 0 Å². The second kappa shape index (κ2) is 6.04. The fraction of sp³-hybridized carbons (Fsp3) is 0.625. The summed E-state index contributed by atoms with van der Waals surface area (Å²) >= 11 is 3.59. The van der Waals surface area contributed by atoms with Crippen molar-refractivity contribution in [2.24, 2.45) is 0 Å². The highest BCUT2D eigenvalue weighted by Gasteiger charge is 2.34. The molecule has 110 valence electrons. The van der Waals surface area contributed by atoms with Gasteiger partial charge in [-0.15, -0.1) is 0 Å². The third kappa shape index (κ3) is 3.18. The number of nitrogens with zero attached hydrogens (tertiary/aromatic N) is 1. The highest BCUT2D eigenvalue weighted by molar-refractivity contribution is 9.10. The summed E-state index contributed by atoms with van der Waals surface area (Å²) in [6.45, 7) is 7.36. The zero-order valence-corrected chi connectivity index (χ0v) is 13.8. The molecule has 2 fully saturated rings. The summed E-state index contributed by atoms with van der Waals surface area (Å²) in [7, 11) is 0. The first-order valence-electron chi connectivity index (χ1n) is 7.54. The summed E-state index contributed by atoms with van der Waals surface area (Å²) in [5.41, 5.74) is 2.73. The Balaban J connectivity index is 1.80. The maximum Gasteiger partial charge on any atom is 0.0755 e. The van der Waals surface area contributed by atoms with Crippen molar-refractivity contribution >= 4 is 21.6 Å². The Morgan fingerprint density at radius 2 is 2.00 bits per heavy atom. The van der Waals surface area contributed by atoms with Crippen LogP contribution in [0.5, 0.6) is 0 Å². The summed E-state index contributed by atoms with van der Waals surface area (Å²) in [6.07, 6.45) is 3.31. The third-order valence-electron chi connectivity index (χ3n) is 4.13. The van der Waals surface area contributed by atoms with Gasteiger partial charge >= 0.3 is 0 Å². The molecule has 3 nitrogen and oxygen atoms in total. The molecule has 0 spiro atoms. The molecule has 20 heavy (non-hydrogen) atoms. The Morgan fingerprint density at radius 1 is 1.30 bits per heavy atom. The maximum absolute atomic E-state index is 5.94. The van der Waals surface area contributed by atoms with Gasteiger partial charge in [0.05, 0.1) is 12.2 Å². The van der Waals surface area contributed by atoms with Crippen molar-refractivity contribution in [2.75, 3.05) is 18.0 Å². The summed E-state index contributed by atoms with van der Waals surface area (Å²) < 4.78 is 7.10. The van der Waals surface area contributed by atoms with Crippen LogP contribution in [0.4, 0.5) is 5.69 Å². The van der Waals surface area contributed by atoms with Crippen molar-refractivity contribution in [1.82, 2.24) is 5.32 Å². The highest BCUT2D eigenvalue weighted by Crippen LogP contribution is 2.32. The van der Waals surface area contributed by atoms with Crippen LogP contribution >= 0.6 is 15.9 Å². The van der Waals surface area contributed by atoms with Gasteiger partial charge in [0, 0.05) is 35.8 Å². The van der Waals surface area contributed by atoms with Gasteiger partial charge in [0.15, 0.2) is 0 Å². The normalized spacial score (nSPS) is 25.5. The van der Waals surface area contributed by atoms with Gasteiger partial charge in [-0.25, -0.2) is 0 Å². The van der Waals surface area contributed by atoms with E-state index in [1.54, 1.807) is 0 Å². The quantitative estimate of drug-likeness (QED) is 0.911. The molecule has 2 atom stereocenters. The molecular weight excluding hydrogens is 316 g/mol. The number of anilines is 1. The maximum atomic E-state index is 5.94. The fourth-order valence-electron chi connectivity index (χ4n) is 3.13. The van der Waals surface area contributed by atoms with Crippen LogP contribution in [0.15, 0.2) is 22.7 Å². The summed E-state index contributed by atoms with van der Waals surface area (Å²) in [6, 6.07) is 7.13. The van der Waals surface area contributed by atoms with Crippen LogP contribution in [0.3, 0.4) is 0 Å². The monoisotopic (exact) mass is 338 g/mol. The van der Waals surface area contributed by atoms with Crippen LogP contribution in [-0.2, 0) is 11.3 Å². The summed E-state index contributed by atoms with van der Waals surface area (Å²) in [5.74, 6) is 0. The summed E-state index contributed by atoms with van der Waals surface area (Å²) in [4.78, 5) is 2.51. The lowest BCUT2D eigenvalue weighted by Gasteiger charge is -2.35. The Morgan fingerprint density at radius 3 is 2.65 bits per heavy atom. The van der Waals surface area contributed by atoms with E-state index < -0.39 is 0 Å². The molecule has 1 aromatic rings. The van der Waals surface area contributed by atoms with Crippen molar-refractivity contribution in [2.45, 2.75) is 51.5 Å². The van der Waals surface area contributed by atoms with Crippen molar-refractivity contribution in [3.05, 3.63) is 28.2 Å². The van der Waals surface area contributed by atoms with E-state index in [1.165, 1.54) is 24.1 Å². The molecule has 0 aliphatic carbocycles. The Bertz CT molecular complexity index is 466. The summed E-state index contributed by atoms with van der Waals surface area (Å²) in [5, 5.41) is 3.53. The molecule has 2 bridgehead atoms. The number of hydrogen-bond donors (Lipinski definition) is 1. The van der Waals surface area contributed by atoms with Gasteiger partial charge in [-0.2, -0.15) is 0 Å². The molecule has 0 aromatic heterocycles. The second-order valence-electron chi connectivity index (χ2n) is 6.17. The number of fused-ring (bicyclic) bond motifs is 2. The number of halogens is 1. The zero-order chi connectivity index (χ0) is 14.1. The van der Waals surface area contributed by atoms with E-state index in [9.17, 15) is 0 Å². The SMILES string of the molecule is CC(C)NCc1cc(Br)ccc1N1CC2CCC(C1)O2. The van der Waals surface area contributed by atoms with E-state index in [-0.39, 0.29) is 0 Å². The van der Waals surface area contributed by atoms with Gasteiger partial charge < -0.3 is 15.0 Å². The molecule has 2 aliphatic rings. The molecule has 2 unspecified atom stereocenters. The molecule has 4 heteroatoms. The van der Waals surface area contributed by atoms with Crippen LogP contribution in [-0.4, -0.2) is 31.3 Å². The minimum absolute atomic E-state index is 0.434. The van der Waals surface area contributed by atoms with Crippen LogP contribution in [0.25, 0.3) is 0 Å². The topological polar surface area (TPSA) is 24.5 Å². The highest BCUT2D eigenvalue weighted by atomic mass is 79.9. The van der Waals surface area contributed by atoms with Crippen molar-refractivity contribution in [3.8, 4) is 0 Å². The average Bonchev–Trinajstić information content (AvgIpc) is 2.75. The number of hydrogen-bond acceptors (Lipinski definition) is 3. The first kappa shape index (κ1) is 14.4. The van der Waals surface area contributed by atoms with Gasteiger partial charge in [-0.3, -0.25) is 0 Å². The van der Waals surface area contributed by atoms with Crippen molar-refractivity contribution in [1.29, 1.82) is 0 Å². The Labute approximate surface area is 129 Å². The number of ether oxygens (including phenoxy) is 1. The predicted octanol–water partition coefficient (Wildman–Crippen LogP) is 3.31. The largest absolute Gasteiger partial charge is 0.371 e. The molecule has 0 saturated carbocycles. The standard InChI is InChI=1S/C16H23BrN2O/c1-11(2)18-8-12-7-13(17)3-6-16(12)19-9-14-4-5-15(10-19)20-14/h3,6-7,11,14-15,18H,4-5,8-10H2,1-2H3. The number of nitrogens with one attached hydrogen (secondary N) is 1. The predicted molar refractivity (Wildman–Crippen MR) is 86.2 cm³/mol. The van der Waals surface area contributed by atoms with Gasteiger partial charge in [0.2, 0.25) is 0 Å². The molecule has 2 heterocycles. The van der Waals surface area contributed by atoms with Crippen molar-refractivity contribution < 1.29 is 4.74 Å². The number of benzene rings is 1. The van der Waals surface area contributed by atoms with E-state index in [1.807, 2.05) is 0 Å². The molecule has 1 aromatic carbocycles. The van der Waals surface area contributed by atoms with E-state index in [0.717, 1.165) is 24.1 Å². The lowest BCUT2D eigenvalue weighted by molar-refractivity contribution is 0.0304. The van der Waals surface area contributed by atoms with Crippen LogP contribution in [0.2, 0.25) is 0 Å². The van der Waals surface area contributed by atoms with Gasteiger partial charge in [0.25, 0.3) is 0 Å². The van der Waals surface area contributed by atoms with Gasteiger partial charge in [-0.05, 0) is 36.6 Å². The minimum Gasteiger partial charge on any atom is -0.371 e. The van der Waals surface area contributed by atoms with E-state index in [0.29, 0.717) is 18.2 Å². The molecule has 1 N–H and O–H groups in total. The van der Waals surface area contributed by atoms with Gasteiger partial charge in [-0.1, -0.05) is 29.8 Å². The fourth-order valence-corrected chi connectivity index (χ4v) is 3.54. The second-order valence-corrected chi connectivity index (χ2v) is 7.09. The Kier molecular flexibility index (Phi) is 4.34. The molecule has 2 aliphatic heterocycles. The lowest BCUT2D eigenvalue weighted by atomic mass is 10.1. The van der Waals surface area contributed by atoms with E-state index >= 15 is 0 Å². The van der Waals surface area contributed by atoms with E-state index in [2.05, 4.69) is 58.2 Å². The van der Waals surface area contributed by atoms with Crippen LogP contribution in [0.1, 0.15) is 32.3 Å². The Hall–Kier alpha value is -0.580. The van der Waals surface area contributed by atoms with Gasteiger partial charge in [0.1, 0.15) is 0 Å². The average molecular weight is 339 g/mol. The molecule has 0 amide bonds. The number of rotatable bonds is 4. The van der Waals surface area contributed by atoms with E-state index in [4.69, 9.17) is 4.74 Å². The van der Waals surface area contributed by atoms with Crippen LogP contribution < -0.4 is 10.2 Å². The minimum atomic E-state index is 0.434. The lowest BCUT2D eigenvalue weighted by Crippen LogP contribution is -2.43. The molecule has 0 radical (unpaired) electrons. The third-order valence-corrected chi connectivity index (χ3v) is 4.62.